The van der Waals surface area contributed by atoms with Gasteiger partial charge < -0.3 is 0 Å². The fourth-order valence-electron chi connectivity index (χ4n) is 4.24. The highest BCUT2D eigenvalue weighted by atomic mass is 127. The third-order valence-electron chi connectivity index (χ3n) is 6.40. The zero-order valence-corrected chi connectivity index (χ0v) is 19.5. The van der Waals surface area contributed by atoms with Crippen LogP contribution in [-0.4, -0.2) is 29.4 Å². The molecule has 0 amide bonds. The molecule has 0 spiro atoms. The summed E-state index contributed by atoms with van der Waals surface area (Å²) < 4.78 is 4.67. The van der Waals surface area contributed by atoms with Crippen LogP contribution in [0.3, 0.4) is 0 Å². The van der Waals surface area contributed by atoms with Crippen molar-refractivity contribution in [1.29, 1.82) is 0 Å². The molecule has 0 N–H and O–H groups in total. The van der Waals surface area contributed by atoms with Gasteiger partial charge in [-0.05, 0) is 58.7 Å². The lowest BCUT2D eigenvalue weighted by molar-refractivity contribution is 0.184. The van der Waals surface area contributed by atoms with E-state index >= 15 is 0 Å². The van der Waals surface area contributed by atoms with E-state index in [1.165, 1.54) is 28.7 Å². The van der Waals surface area contributed by atoms with Crippen molar-refractivity contribution in [2.45, 2.75) is 46.5 Å². The maximum atomic E-state index is 4.89. The zero-order chi connectivity index (χ0) is 19.6. The molecule has 146 valence electrons. The third-order valence-corrected chi connectivity index (χ3v) is 8.35. The molecule has 4 aromatic rings. The molecule has 6 nitrogen and oxygen atoms in total. The first-order valence-corrected chi connectivity index (χ1v) is 11.6. The lowest BCUT2D eigenvalue weighted by atomic mass is 9.70. The summed E-state index contributed by atoms with van der Waals surface area (Å²) in [5.74, 6) is 1.40. The number of thiophene rings is 1. The molecule has 28 heavy (non-hydrogen) atoms. The van der Waals surface area contributed by atoms with Gasteiger partial charge in [-0.2, -0.15) is 5.10 Å². The van der Waals surface area contributed by atoms with Crippen molar-refractivity contribution in [1.82, 2.24) is 29.4 Å². The van der Waals surface area contributed by atoms with Crippen LogP contribution in [0.1, 0.15) is 44.1 Å². The Morgan fingerprint density at radius 1 is 1.32 bits per heavy atom. The zero-order valence-electron chi connectivity index (χ0n) is 16.5. The smallest absolute Gasteiger partial charge is 0.203 e. The number of halogens is 1. The Kier molecular flexibility index (Phi) is 4.28. The maximum absolute atomic E-state index is 4.89. The van der Waals surface area contributed by atoms with Crippen molar-refractivity contribution in [2.75, 3.05) is 0 Å². The molecule has 1 unspecified atom stereocenters. The summed E-state index contributed by atoms with van der Waals surface area (Å²) in [6, 6.07) is 0. The highest BCUT2D eigenvalue weighted by Gasteiger charge is 2.33. The van der Waals surface area contributed by atoms with Gasteiger partial charge in [0.15, 0.2) is 5.65 Å². The van der Waals surface area contributed by atoms with Gasteiger partial charge in [0.2, 0.25) is 5.82 Å². The quantitative estimate of drug-likeness (QED) is 0.372. The van der Waals surface area contributed by atoms with E-state index in [1.807, 2.05) is 29.1 Å². The SMILES string of the molecule is CCC(C)(C)C1CCc2c(sc3ncn4nc(-c5nn(C)cc5I)nc4c23)C1. The van der Waals surface area contributed by atoms with Gasteiger partial charge in [-0.1, -0.05) is 27.2 Å². The van der Waals surface area contributed by atoms with Crippen molar-refractivity contribution in [3.63, 3.8) is 0 Å². The molecule has 0 aliphatic heterocycles. The largest absolute Gasteiger partial charge is 0.274 e. The molecule has 1 aliphatic rings. The van der Waals surface area contributed by atoms with Crippen LogP contribution >= 0.6 is 33.9 Å². The first-order valence-electron chi connectivity index (χ1n) is 9.72. The third kappa shape index (κ3) is 2.79. The highest BCUT2D eigenvalue weighted by Crippen LogP contribution is 2.45. The van der Waals surface area contributed by atoms with E-state index in [0.29, 0.717) is 11.2 Å². The average molecular weight is 506 g/mol. The van der Waals surface area contributed by atoms with Crippen LogP contribution in [0.2, 0.25) is 0 Å². The summed E-state index contributed by atoms with van der Waals surface area (Å²) in [5, 5.41) is 10.4. The lowest BCUT2D eigenvalue weighted by Crippen LogP contribution is -2.28. The molecule has 0 saturated carbocycles. The standard InChI is InChI=1S/C20H23IN6S/c1-5-20(2,3)11-6-7-12-14(8-11)28-19-15(12)18-23-17(25-27(18)10-22-19)16-13(21)9-26(4)24-16/h9-11H,5-8H2,1-4H3. The number of fused-ring (bicyclic) bond motifs is 5. The second-order valence-electron chi connectivity index (χ2n) is 8.41. The molecule has 1 atom stereocenters. The van der Waals surface area contributed by atoms with Gasteiger partial charge in [-0.3, -0.25) is 4.68 Å². The van der Waals surface area contributed by atoms with Gasteiger partial charge in [-0.25, -0.2) is 14.5 Å². The summed E-state index contributed by atoms with van der Waals surface area (Å²) in [4.78, 5) is 12.2. The normalized spacial score (nSPS) is 17.5. The van der Waals surface area contributed by atoms with E-state index in [9.17, 15) is 0 Å². The van der Waals surface area contributed by atoms with Crippen LogP contribution in [0.4, 0.5) is 0 Å². The molecule has 1 aliphatic carbocycles. The summed E-state index contributed by atoms with van der Waals surface area (Å²) in [5.41, 5.74) is 3.56. The summed E-state index contributed by atoms with van der Waals surface area (Å²) in [7, 11) is 1.92. The van der Waals surface area contributed by atoms with Crippen LogP contribution < -0.4 is 0 Å². The fraction of sp³-hybridized carbons (Fsp3) is 0.500. The number of hydrogen-bond donors (Lipinski definition) is 0. The van der Waals surface area contributed by atoms with E-state index in [2.05, 4.69) is 53.6 Å². The van der Waals surface area contributed by atoms with Crippen LogP contribution in [0.25, 0.3) is 27.4 Å². The molecule has 8 heteroatoms. The van der Waals surface area contributed by atoms with Gasteiger partial charge in [0.05, 0.1) is 8.96 Å². The number of rotatable bonds is 3. The van der Waals surface area contributed by atoms with Crippen LogP contribution in [0.5, 0.6) is 0 Å². The highest BCUT2D eigenvalue weighted by molar-refractivity contribution is 14.1. The van der Waals surface area contributed by atoms with Crippen molar-refractivity contribution < 1.29 is 0 Å². The first-order chi connectivity index (χ1) is 13.4. The Labute approximate surface area is 181 Å². The molecule has 4 aromatic heterocycles. The van der Waals surface area contributed by atoms with E-state index < -0.39 is 0 Å². The lowest BCUT2D eigenvalue weighted by Gasteiger charge is -2.36. The Hall–Kier alpha value is -1.55. The minimum Gasteiger partial charge on any atom is -0.274 e. The van der Waals surface area contributed by atoms with E-state index in [4.69, 9.17) is 9.97 Å². The number of aromatic nitrogens is 6. The van der Waals surface area contributed by atoms with Crippen molar-refractivity contribution in [3.05, 3.63) is 26.5 Å². The van der Waals surface area contributed by atoms with Crippen LogP contribution in [0.15, 0.2) is 12.5 Å². The minimum atomic E-state index is 0.383. The minimum absolute atomic E-state index is 0.383. The van der Waals surface area contributed by atoms with Crippen molar-refractivity contribution >= 4 is 49.8 Å². The van der Waals surface area contributed by atoms with Gasteiger partial charge in [-0.15, -0.1) is 16.4 Å². The van der Waals surface area contributed by atoms with Gasteiger partial charge in [0.1, 0.15) is 16.9 Å². The average Bonchev–Trinajstić information content (AvgIpc) is 3.34. The van der Waals surface area contributed by atoms with E-state index in [-0.39, 0.29) is 0 Å². The van der Waals surface area contributed by atoms with E-state index in [0.717, 1.165) is 38.5 Å². The monoisotopic (exact) mass is 506 g/mol. The number of nitrogens with zero attached hydrogens (tertiary/aromatic N) is 6. The van der Waals surface area contributed by atoms with Crippen LogP contribution in [0, 0.1) is 14.9 Å². The van der Waals surface area contributed by atoms with Gasteiger partial charge in [0.25, 0.3) is 0 Å². The molecule has 4 heterocycles. The Morgan fingerprint density at radius 3 is 2.86 bits per heavy atom. The summed E-state index contributed by atoms with van der Waals surface area (Å²) >= 11 is 4.13. The molecule has 0 radical (unpaired) electrons. The molecule has 0 bridgehead atoms. The van der Waals surface area contributed by atoms with Gasteiger partial charge >= 0.3 is 0 Å². The second-order valence-corrected chi connectivity index (χ2v) is 10.7. The molecular weight excluding hydrogens is 483 g/mol. The van der Waals surface area contributed by atoms with Crippen LogP contribution in [-0.2, 0) is 19.9 Å². The predicted octanol–water partition coefficient (Wildman–Crippen LogP) is 4.89. The molecule has 0 saturated heterocycles. The molecule has 0 fully saturated rings. The van der Waals surface area contributed by atoms with Gasteiger partial charge in [0, 0.05) is 18.1 Å². The summed E-state index contributed by atoms with van der Waals surface area (Å²) in [6.45, 7) is 7.12. The molecule has 5 rings (SSSR count). The van der Waals surface area contributed by atoms with Crippen molar-refractivity contribution in [2.24, 2.45) is 18.4 Å². The van der Waals surface area contributed by atoms with Crippen molar-refractivity contribution in [3.8, 4) is 11.5 Å². The Morgan fingerprint density at radius 2 is 2.14 bits per heavy atom. The Balaban J connectivity index is 1.64. The fourth-order valence-corrected chi connectivity index (χ4v) is 6.26. The summed E-state index contributed by atoms with van der Waals surface area (Å²) in [6.07, 6.45) is 8.49. The Bertz CT molecular complexity index is 1200. The topological polar surface area (TPSA) is 60.9 Å². The predicted molar refractivity (Wildman–Crippen MR) is 121 cm³/mol. The maximum Gasteiger partial charge on any atom is 0.203 e. The first kappa shape index (κ1) is 18.5. The number of hydrogen-bond acceptors (Lipinski definition) is 5. The molecule has 0 aromatic carbocycles. The second kappa shape index (κ2) is 6.48. The number of aryl methyl sites for hydroxylation is 2. The van der Waals surface area contributed by atoms with E-state index in [1.54, 1.807) is 11.0 Å². The molecular formula is C20H23IN6S.